The number of piperazine rings is 1. The molecule has 2 aliphatic heterocycles. The molecule has 1 fully saturated rings. The Morgan fingerprint density at radius 1 is 0.800 bits per heavy atom. The number of hydrogen-bond donors (Lipinski definition) is 1. The molecule has 1 saturated heterocycles. The molecule has 5 heteroatoms. The Labute approximate surface area is 205 Å². The van der Waals surface area contributed by atoms with Crippen LogP contribution in [0.4, 0.5) is 0 Å². The Morgan fingerprint density at radius 3 is 2.20 bits per heavy atom. The lowest BCUT2D eigenvalue weighted by Gasteiger charge is -2.47. The van der Waals surface area contributed by atoms with Gasteiger partial charge in [0.25, 0.3) is 0 Å². The molecule has 0 bridgehead atoms. The second-order valence-corrected chi connectivity index (χ2v) is 9.62. The van der Waals surface area contributed by atoms with Crippen molar-refractivity contribution in [1.82, 2.24) is 14.8 Å². The highest BCUT2D eigenvalue weighted by atomic mass is 16.2. The third kappa shape index (κ3) is 4.01. The van der Waals surface area contributed by atoms with E-state index >= 15 is 0 Å². The van der Waals surface area contributed by atoms with Gasteiger partial charge in [-0.05, 0) is 42.0 Å². The van der Waals surface area contributed by atoms with Crippen LogP contribution in [0, 0.1) is 0 Å². The van der Waals surface area contributed by atoms with Gasteiger partial charge in [-0.3, -0.25) is 9.59 Å². The topological polar surface area (TPSA) is 56.4 Å². The molecule has 0 aliphatic carbocycles. The number of rotatable bonds is 6. The molecule has 0 saturated carbocycles. The van der Waals surface area contributed by atoms with Crippen LogP contribution in [0.5, 0.6) is 0 Å². The number of para-hydroxylation sites is 1. The van der Waals surface area contributed by atoms with E-state index in [1.165, 1.54) is 16.7 Å². The largest absolute Gasteiger partial charge is 0.356 e. The van der Waals surface area contributed by atoms with Crippen LogP contribution in [-0.4, -0.2) is 45.7 Å². The Bertz CT molecular complexity index is 1360. The Hall–Kier alpha value is -3.86. The standard InChI is InChI=1S/C30H29N3O2/c34-28-20-32(18-17-22-11-5-2-6-12-22)30(35)27-19-24-23-13-7-8-14-25(23)31-29(24)26(33(27)28)16-15-21-9-3-1-4-10-21/h1-14,26-27,31H,15-20H2/t26-,27+/m1/s1. The van der Waals surface area contributed by atoms with Crippen molar-refractivity contribution in [1.29, 1.82) is 0 Å². The van der Waals surface area contributed by atoms with Crippen LogP contribution in [0.3, 0.4) is 0 Å². The molecule has 2 aliphatic rings. The van der Waals surface area contributed by atoms with Crippen molar-refractivity contribution < 1.29 is 9.59 Å². The first-order valence-electron chi connectivity index (χ1n) is 12.5. The summed E-state index contributed by atoms with van der Waals surface area (Å²) in [5.41, 5.74) is 5.78. The summed E-state index contributed by atoms with van der Waals surface area (Å²) in [6.45, 7) is 0.716. The molecule has 176 valence electrons. The highest BCUT2D eigenvalue weighted by molar-refractivity contribution is 5.97. The summed E-state index contributed by atoms with van der Waals surface area (Å²) in [5.74, 6) is 0.117. The molecule has 2 amide bonds. The summed E-state index contributed by atoms with van der Waals surface area (Å²) in [6, 6.07) is 28.2. The molecule has 4 aromatic rings. The average molecular weight is 464 g/mol. The fraction of sp³-hybridized carbons (Fsp3) is 0.267. The third-order valence-corrected chi connectivity index (χ3v) is 7.52. The van der Waals surface area contributed by atoms with E-state index in [4.69, 9.17) is 0 Å². The molecule has 0 unspecified atom stereocenters. The summed E-state index contributed by atoms with van der Waals surface area (Å²) in [6.07, 6.45) is 2.95. The zero-order chi connectivity index (χ0) is 23.8. The summed E-state index contributed by atoms with van der Waals surface area (Å²) >= 11 is 0. The van der Waals surface area contributed by atoms with Crippen LogP contribution in [0.15, 0.2) is 84.9 Å². The van der Waals surface area contributed by atoms with Crippen molar-refractivity contribution in [3.63, 3.8) is 0 Å². The van der Waals surface area contributed by atoms with Crippen LogP contribution >= 0.6 is 0 Å². The van der Waals surface area contributed by atoms with Gasteiger partial charge < -0.3 is 14.8 Å². The van der Waals surface area contributed by atoms with E-state index in [2.05, 4.69) is 41.4 Å². The fourth-order valence-electron chi connectivity index (χ4n) is 5.79. The van der Waals surface area contributed by atoms with Gasteiger partial charge in [0, 0.05) is 29.6 Å². The summed E-state index contributed by atoms with van der Waals surface area (Å²) in [5, 5.41) is 1.16. The lowest BCUT2D eigenvalue weighted by atomic mass is 9.86. The molecule has 35 heavy (non-hydrogen) atoms. The van der Waals surface area contributed by atoms with Crippen LogP contribution in [0.25, 0.3) is 10.9 Å². The number of carbonyl (C=O) groups is 2. The van der Waals surface area contributed by atoms with Crippen molar-refractivity contribution in [3.05, 3.63) is 107 Å². The predicted molar refractivity (Wildman–Crippen MR) is 137 cm³/mol. The molecular weight excluding hydrogens is 434 g/mol. The zero-order valence-corrected chi connectivity index (χ0v) is 19.7. The number of hydrogen-bond acceptors (Lipinski definition) is 2. The van der Waals surface area contributed by atoms with Crippen molar-refractivity contribution in [2.75, 3.05) is 13.1 Å². The van der Waals surface area contributed by atoms with E-state index in [0.29, 0.717) is 13.0 Å². The number of carbonyl (C=O) groups excluding carboxylic acids is 2. The maximum atomic E-state index is 13.7. The number of benzene rings is 3. The summed E-state index contributed by atoms with van der Waals surface area (Å²) < 4.78 is 0. The number of aryl methyl sites for hydroxylation is 1. The number of nitrogens with zero attached hydrogens (tertiary/aromatic N) is 2. The molecule has 3 heterocycles. The lowest BCUT2D eigenvalue weighted by molar-refractivity contribution is -0.159. The van der Waals surface area contributed by atoms with Crippen LogP contribution in [0.1, 0.15) is 34.8 Å². The molecule has 5 nitrogen and oxygen atoms in total. The van der Waals surface area contributed by atoms with Crippen LogP contribution in [0.2, 0.25) is 0 Å². The van der Waals surface area contributed by atoms with Gasteiger partial charge in [0.05, 0.1) is 12.6 Å². The highest BCUT2D eigenvalue weighted by Crippen LogP contribution is 2.41. The Kier molecular flexibility index (Phi) is 5.61. The van der Waals surface area contributed by atoms with Crippen molar-refractivity contribution in [2.24, 2.45) is 0 Å². The van der Waals surface area contributed by atoms with Gasteiger partial charge >= 0.3 is 0 Å². The molecule has 2 atom stereocenters. The Balaban J connectivity index is 1.32. The van der Waals surface area contributed by atoms with E-state index in [0.717, 1.165) is 35.9 Å². The third-order valence-electron chi connectivity index (χ3n) is 7.52. The zero-order valence-electron chi connectivity index (χ0n) is 19.7. The second-order valence-electron chi connectivity index (χ2n) is 9.62. The first-order valence-corrected chi connectivity index (χ1v) is 12.5. The van der Waals surface area contributed by atoms with Crippen LogP contribution < -0.4 is 0 Å². The minimum Gasteiger partial charge on any atom is -0.356 e. The summed E-state index contributed by atoms with van der Waals surface area (Å²) in [4.78, 5) is 34.6. The van der Waals surface area contributed by atoms with Gasteiger partial charge in [-0.2, -0.15) is 0 Å². The monoisotopic (exact) mass is 463 g/mol. The van der Waals surface area contributed by atoms with E-state index in [-0.39, 0.29) is 24.4 Å². The molecule has 6 rings (SSSR count). The van der Waals surface area contributed by atoms with E-state index < -0.39 is 6.04 Å². The van der Waals surface area contributed by atoms with Gasteiger partial charge in [-0.15, -0.1) is 0 Å². The molecule has 0 radical (unpaired) electrons. The number of H-pyrrole nitrogens is 1. The van der Waals surface area contributed by atoms with Crippen molar-refractivity contribution in [2.45, 2.75) is 37.8 Å². The quantitative estimate of drug-likeness (QED) is 0.451. The van der Waals surface area contributed by atoms with Crippen molar-refractivity contribution in [3.8, 4) is 0 Å². The van der Waals surface area contributed by atoms with E-state index in [1.807, 2.05) is 53.4 Å². The highest BCUT2D eigenvalue weighted by Gasteiger charge is 2.47. The second kappa shape index (κ2) is 9.06. The van der Waals surface area contributed by atoms with E-state index in [9.17, 15) is 9.59 Å². The van der Waals surface area contributed by atoms with Crippen LogP contribution in [-0.2, 0) is 28.9 Å². The van der Waals surface area contributed by atoms with Gasteiger partial charge in [-0.25, -0.2) is 0 Å². The summed E-state index contributed by atoms with van der Waals surface area (Å²) in [7, 11) is 0. The van der Waals surface area contributed by atoms with E-state index in [1.54, 1.807) is 4.90 Å². The van der Waals surface area contributed by atoms with Gasteiger partial charge in [-0.1, -0.05) is 78.9 Å². The maximum Gasteiger partial charge on any atom is 0.246 e. The maximum absolute atomic E-state index is 13.7. The number of amides is 2. The number of nitrogens with one attached hydrogen (secondary N) is 1. The number of aromatic nitrogens is 1. The molecule has 1 aromatic heterocycles. The fourth-order valence-corrected chi connectivity index (χ4v) is 5.79. The average Bonchev–Trinajstić information content (AvgIpc) is 3.28. The van der Waals surface area contributed by atoms with Gasteiger partial charge in [0.2, 0.25) is 11.8 Å². The smallest absolute Gasteiger partial charge is 0.246 e. The first-order chi connectivity index (χ1) is 17.2. The SMILES string of the molecule is O=C1[C@@H]2Cc3c([nH]c4ccccc34)[C@@H](CCc3ccccc3)N2C(=O)CN1CCc1ccccc1. The minimum absolute atomic E-state index is 0.0463. The van der Waals surface area contributed by atoms with Gasteiger partial charge in [0.1, 0.15) is 6.04 Å². The minimum atomic E-state index is -0.445. The number of fused-ring (bicyclic) bond motifs is 4. The molecule has 1 N–H and O–H groups in total. The molecule has 3 aromatic carbocycles. The van der Waals surface area contributed by atoms with Gasteiger partial charge in [0.15, 0.2) is 0 Å². The predicted octanol–water partition coefficient (Wildman–Crippen LogP) is 4.68. The lowest BCUT2D eigenvalue weighted by Crippen LogP contribution is -2.63. The normalized spacial score (nSPS) is 19.7. The number of aromatic amines is 1. The first kappa shape index (κ1) is 21.7. The molecular formula is C30H29N3O2. The van der Waals surface area contributed by atoms with Crippen molar-refractivity contribution >= 4 is 22.7 Å². The molecule has 0 spiro atoms. The Morgan fingerprint density at radius 2 is 1.46 bits per heavy atom.